The molecule has 0 aliphatic carbocycles. The number of carbonyl (C=O) groups excluding carboxylic acids is 5. The van der Waals surface area contributed by atoms with Gasteiger partial charge in [0.2, 0.25) is 23.6 Å². The van der Waals surface area contributed by atoms with Crippen LogP contribution in [0, 0.1) is 17.0 Å². The van der Waals surface area contributed by atoms with Crippen LogP contribution in [0.1, 0.15) is 107 Å². The van der Waals surface area contributed by atoms with Crippen molar-refractivity contribution in [2.24, 2.45) is 10.4 Å². The molecule has 6 aliphatic heterocycles. The summed E-state index contributed by atoms with van der Waals surface area (Å²) in [6.45, 7) is 18.2. The quantitative estimate of drug-likeness (QED) is 0.0427. The molecule has 1 aromatic heterocycles. The van der Waals surface area contributed by atoms with Gasteiger partial charge in [-0.05, 0) is 131 Å². The summed E-state index contributed by atoms with van der Waals surface area (Å²) in [6, 6.07) is 22.9. The summed E-state index contributed by atoms with van der Waals surface area (Å²) in [5.74, 6) is 1.02. The van der Waals surface area contributed by atoms with Gasteiger partial charge in [0.25, 0.3) is 0 Å². The van der Waals surface area contributed by atoms with E-state index < -0.39 is 35.3 Å². The Labute approximate surface area is 577 Å². The van der Waals surface area contributed by atoms with Crippen LogP contribution >= 0.6 is 23.2 Å². The smallest absolute Gasteiger partial charge is 0.326 e. The molecular formula is C71H91Cl2F2N15O7. The summed E-state index contributed by atoms with van der Waals surface area (Å²) in [5.41, 5.74) is 2.29. The highest BCUT2D eigenvalue weighted by molar-refractivity contribution is 6.30. The van der Waals surface area contributed by atoms with E-state index in [4.69, 9.17) is 37.7 Å². The van der Waals surface area contributed by atoms with Gasteiger partial charge in [-0.3, -0.25) is 34.0 Å². The summed E-state index contributed by atoms with van der Waals surface area (Å²) >= 11 is 12.8. The first kappa shape index (κ1) is 70.4. The number of ether oxygens (including phenoxy) is 2. The summed E-state index contributed by atoms with van der Waals surface area (Å²) in [4.78, 5) is 97.9. The molecule has 7 heterocycles. The third kappa shape index (κ3) is 18.1. The molecule has 11 rings (SSSR count). The minimum atomic E-state index is -0.653. The van der Waals surface area contributed by atoms with Crippen molar-refractivity contribution in [2.75, 3.05) is 147 Å². The molecule has 0 saturated carbocycles. The standard InChI is InChI=1S/C71H91Cl2F2N15O7/c1-48(2)97-59-39-54(96-5)16-17-55(59)68-81-66(49-8-12-52(72)13-9-49)67(50-10-14-53(73)15-11-50)90(68)69(95)88-37-36-87(65(94)45-88)43-63(92)78-25-7-26-83-32-34-84(35-33-83)27-18-62(91)77-24-6-23-76-60-41-61(80-47-79-60)86-30-21-71(22-31-86)46-89(44-64(93)82-71)58-40-56(74)51(38-57(58)75)42-85-28-19-70(3,4)20-29-85/h8-17,38-41,47-48,66-67H,6-7,18-37,42-46H2,1-5H3,(H,77,91)(H,78,92)(H,82,93)(H,76,79,80)/t66-,67+/m0/s1. The van der Waals surface area contributed by atoms with Crippen LogP contribution in [0.5, 0.6) is 11.5 Å². The van der Waals surface area contributed by atoms with Crippen LogP contribution in [0.4, 0.5) is 30.9 Å². The lowest BCUT2D eigenvalue weighted by atomic mass is 9.82. The second kappa shape index (κ2) is 31.7. The zero-order valence-corrected chi connectivity index (χ0v) is 57.8. The monoisotopic (exact) mass is 1370 g/mol. The lowest BCUT2D eigenvalue weighted by Gasteiger charge is -2.48. The average molecular weight is 1380 g/mol. The minimum absolute atomic E-state index is 0.00221. The maximum atomic E-state index is 15.8. The average Bonchev–Trinajstić information content (AvgIpc) is 1.66. The van der Waals surface area contributed by atoms with Crippen molar-refractivity contribution in [3.05, 3.63) is 135 Å². The van der Waals surface area contributed by atoms with Crippen LogP contribution in [0.25, 0.3) is 0 Å². The van der Waals surface area contributed by atoms with E-state index >= 15 is 13.6 Å². The molecule has 520 valence electrons. The number of rotatable bonds is 24. The van der Waals surface area contributed by atoms with Gasteiger partial charge < -0.3 is 60.1 Å². The third-order valence-electron chi connectivity index (χ3n) is 19.5. The van der Waals surface area contributed by atoms with Gasteiger partial charge in [-0.1, -0.05) is 61.3 Å². The van der Waals surface area contributed by atoms with E-state index in [0.717, 1.165) is 82.0 Å². The number of halogens is 4. The Bertz CT molecular complexity index is 3620. The van der Waals surface area contributed by atoms with Crippen LogP contribution in [0.2, 0.25) is 10.0 Å². The Morgan fingerprint density at radius 1 is 0.711 bits per heavy atom. The number of hydrogen-bond donors (Lipinski definition) is 4. The third-order valence-corrected chi connectivity index (χ3v) is 20.0. The number of amides is 6. The number of nitrogens with zero attached hydrogens (tertiary/aromatic N) is 11. The number of methoxy groups -OCH3 is 1. The zero-order valence-electron chi connectivity index (χ0n) is 56.3. The summed E-state index contributed by atoms with van der Waals surface area (Å²) in [6.07, 6.45) is 6.35. The molecule has 1 spiro atoms. The van der Waals surface area contributed by atoms with Crippen LogP contribution in [0.15, 0.2) is 96.2 Å². The number of carbonyl (C=O) groups is 5. The van der Waals surface area contributed by atoms with Gasteiger partial charge in [0.05, 0.1) is 49.1 Å². The van der Waals surface area contributed by atoms with Gasteiger partial charge in [-0.2, -0.15) is 0 Å². The topological polar surface area (TPSA) is 216 Å². The maximum absolute atomic E-state index is 15.8. The minimum Gasteiger partial charge on any atom is -0.497 e. The molecular weight excluding hydrogens is 1280 g/mol. The Hall–Kier alpha value is -7.90. The van der Waals surface area contributed by atoms with Gasteiger partial charge in [-0.15, -0.1) is 0 Å². The van der Waals surface area contributed by atoms with E-state index in [1.165, 1.54) is 28.3 Å². The van der Waals surface area contributed by atoms with Gasteiger partial charge in [0, 0.05) is 132 Å². The van der Waals surface area contributed by atoms with E-state index in [1.54, 1.807) is 53.3 Å². The number of benzene rings is 4. The molecule has 4 aromatic carbocycles. The Balaban J connectivity index is 0.565. The molecule has 0 bridgehead atoms. The maximum Gasteiger partial charge on any atom is 0.326 e. The molecule has 2 atom stereocenters. The molecule has 4 N–H and O–H groups in total. The second-order valence-electron chi connectivity index (χ2n) is 27.4. The lowest BCUT2D eigenvalue weighted by Crippen LogP contribution is -2.66. The van der Waals surface area contributed by atoms with Crippen LogP contribution in [0.3, 0.4) is 0 Å². The van der Waals surface area contributed by atoms with E-state index in [1.807, 2.05) is 50.2 Å². The lowest BCUT2D eigenvalue weighted by molar-refractivity contribution is -0.139. The molecule has 6 amide bonds. The normalized spacial score (nSPS) is 20.1. The molecule has 0 radical (unpaired) electrons. The van der Waals surface area contributed by atoms with E-state index in [2.05, 4.69) is 64.7 Å². The number of aromatic nitrogens is 2. The number of likely N-dealkylation sites (tertiary alicyclic amines) is 1. The largest absolute Gasteiger partial charge is 0.497 e. The predicted molar refractivity (Wildman–Crippen MR) is 372 cm³/mol. The number of aliphatic imine (C=N–C) groups is 1. The van der Waals surface area contributed by atoms with Crippen LogP contribution in [-0.2, 0) is 25.7 Å². The molecule has 5 fully saturated rings. The van der Waals surface area contributed by atoms with Crippen molar-refractivity contribution in [1.29, 1.82) is 0 Å². The number of piperidine rings is 2. The Morgan fingerprint density at radius 3 is 2.08 bits per heavy atom. The van der Waals surface area contributed by atoms with Gasteiger partial charge in [-0.25, -0.2) is 23.5 Å². The zero-order chi connectivity index (χ0) is 68.4. The number of piperazine rings is 3. The van der Waals surface area contributed by atoms with E-state index in [9.17, 15) is 19.2 Å². The first-order valence-corrected chi connectivity index (χ1v) is 34.8. The second-order valence-corrected chi connectivity index (χ2v) is 28.3. The SMILES string of the molecule is COc1ccc(C2=N[C@@H](c3ccc(Cl)cc3)[C@@H](c3ccc(Cl)cc3)N2C(=O)N2CCN(CC(=O)NCCCN3CCN(CCC(=O)NCCCNc4cc(N5CCC6(CC5)CN(c5cc(F)c(CN7CCC(C)(C)CC7)cc5F)CC(=O)N6)ncn4)CC3)C(=O)C2)c(OC(C)C)c1. The van der Waals surface area contributed by atoms with Crippen molar-refractivity contribution < 1.29 is 42.2 Å². The van der Waals surface area contributed by atoms with Gasteiger partial charge in [0.1, 0.15) is 59.5 Å². The summed E-state index contributed by atoms with van der Waals surface area (Å²) in [7, 11) is 1.57. The Kier molecular flexibility index (Phi) is 23.0. The highest BCUT2D eigenvalue weighted by Gasteiger charge is 2.47. The molecule has 5 aromatic rings. The molecule has 6 aliphatic rings. The van der Waals surface area contributed by atoms with E-state index in [0.29, 0.717) is 122 Å². The highest BCUT2D eigenvalue weighted by Crippen LogP contribution is 2.46. The number of hydrogen-bond acceptors (Lipinski definition) is 16. The van der Waals surface area contributed by atoms with Crippen molar-refractivity contribution in [2.45, 2.75) is 103 Å². The number of nitrogens with one attached hydrogen (secondary N) is 4. The van der Waals surface area contributed by atoms with Gasteiger partial charge >= 0.3 is 6.03 Å². The van der Waals surface area contributed by atoms with Crippen molar-refractivity contribution in [1.82, 2.24) is 55.3 Å². The van der Waals surface area contributed by atoms with Gasteiger partial charge in [0.15, 0.2) is 0 Å². The first-order chi connectivity index (χ1) is 46.7. The highest BCUT2D eigenvalue weighted by atomic mass is 35.5. The fourth-order valence-electron chi connectivity index (χ4n) is 13.8. The predicted octanol–water partition coefficient (Wildman–Crippen LogP) is 8.40. The van der Waals surface area contributed by atoms with Crippen molar-refractivity contribution in [3.63, 3.8) is 0 Å². The Morgan fingerprint density at radius 2 is 1.39 bits per heavy atom. The van der Waals surface area contributed by atoms with Crippen molar-refractivity contribution in [3.8, 4) is 11.5 Å². The van der Waals surface area contributed by atoms with Crippen LogP contribution in [-0.4, -0.2) is 218 Å². The van der Waals surface area contributed by atoms with Crippen LogP contribution < -0.4 is 40.5 Å². The molecule has 5 saturated heterocycles. The number of anilines is 3. The molecule has 97 heavy (non-hydrogen) atoms. The van der Waals surface area contributed by atoms with E-state index in [-0.39, 0.29) is 73.6 Å². The number of urea groups is 1. The molecule has 26 heteroatoms. The molecule has 22 nitrogen and oxygen atoms in total. The van der Waals surface area contributed by atoms with Crippen molar-refractivity contribution >= 4 is 76.0 Å². The fourth-order valence-corrected chi connectivity index (χ4v) is 14.0. The summed E-state index contributed by atoms with van der Waals surface area (Å²) < 4.78 is 43.2. The first-order valence-electron chi connectivity index (χ1n) is 34.0. The fraction of sp³-hybridized carbons (Fsp3) is 0.521. The summed E-state index contributed by atoms with van der Waals surface area (Å²) in [5, 5.41) is 13.7. The number of amidine groups is 1. The molecule has 0 unspecified atom stereocenters.